The monoisotopic (exact) mass is 352 g/mol. The number of carbonyl (C=O) groups is 1. The van der Waals surface area contributed by atoms with E-state index >= 15 is 0 Å². The predicted molar refractivity (Wildman–Crippen MR) is 102 cm³/mol. The first-order valence-electron chi connectivity index (χ1n) is 9.09. The minimum atomic E-state index is -0.434. The van der Waals surface area contributed by atoms with Crippen LogP contribution in [0.15, 0.2) is 36.5 Å². The third-order valence-corrected chi connectivity index (χ3v) is 4.97. The number of nitrogens with zero attached hydrogens (tertiary/aromatic N) is 3. The van der Waals surface area contributed by atoms with Gasteiger partial charge in [0.1, 0.15) is 11.6 Å². The fourth-order valence-electron chi connectivity index (χ4n) is 3.39. The van der Waals surface area contributed by atoms with Crippen LogP contribution in [0.2, 0.25) is 0 Å². The first-order chi connectivity index (χ1) is 12.6. The van der Waals surface area contributed by atoms with Gasteiger partial charge in [0.05, 0.1) is 5.69 Å². The van der Waals surface area contributed by atoms with Gasteiger partial charge in [0.15, 0.2) is 6.10 Å². The van der Waals surface area contributed by atoms with E-state index in [4.69, 9.17) is 4.74 Å². The van der Waals surface area contributed by atoms with E-state index in [1.165, 1.54) is 11.1 Å². The molecule has 3 heterocycles. The van der Waals surface area contributed by atoms with E-state index in [0.29, 0.717) is 0 Å². The lowest BCUT2D eigenvalue weighted by molar-refractivity contribution is -0.122. The Morgan fingerprint density at radius 1 is 1.19 bits per heavy atom. The molecule has 6 heteroatoms. The van der Waals surface area contributed by atoms with Crippen LogP contribution in [0.3, 0.4) is 0 Å². The van der Waals surface area contributed by atoms with E-state index < -0.39 is 6.10 Å². The lowest BCUT2D eigenvalue weighted by Crippen LogP contribution is -2.46. The SMILES string of the molecule is Cc1ccc(N2CCN(Cc3ccc4c(c3)NC(=O)C(C)O4)CC2)nc1. The molecular formula is C20H24N4O2. The fourth-order valence-corrected chi connectivity index (χ4v) is 3.39. The number of rotatable bonds is 3. The Labute approximate surface area is 153 Å². The van der Waals surface area contributed by atoms with E-state index in [-0.39, 0.29) is 5.91 Å². The second-order valence-electron chi connectivity index (χ2n) is 7.04. The number of aryl methyl sites for hydroxylation is 1. The van der Waals surface area contributed by atoms with E-state index in [9.17, 15) is 4.79 Å². The van der Waals surface area contributed by atoms with Crippen LogP contribution < -0.4 is 15.0 Å². The molecule has 2 aliphatic heterocycles. The Morgan fingerprint density at radius 2 is 2.00 bits per heavy atom. The molecule has 1 atom stereocenters. The van der Waals surface area contributed by atoms with Crippen LogP contribution in [0.25, 0.3) is 0 Å². The second kappa shape index (κ2) is 6.96. The Hall–Kier alpha value is -2.60. The molecule has 0 aliphatic carbocycles. The lowest BCUT2D eigenvalue weighted by atomic mass is 10.1. The maximum absolute atomic E-state index is 11.8. The summed E-state index contributed by atoms with van der Waals surface area (Å²) in [7, 11) is 0. The fraction of sp³-hybridized carbons (Fsp3) is 0.400. The maximum atomic E-state index is 11.8. The van der Waals surface area contributed by atoms with Crippen molar-refractivity contribution >= 4 is 17.4 Å². The highest BCUT2D eigenvalue weighted by Crippen LogP contribution is 2.31. The average Bonchev–Trinajstić information content (AvgIpc) is 2.64. The topological polar surface area (TPSA) is 57.7 Å². The van der Waals surface area contributed by atoms with Crippen LogP contribution in [0, 0.1) is 6.92 Å². The standard InChI is InChI=1S/C20H24N4O2/c1-14-3-6-19(21-12-14)24-9-7-23(8-10-24)13-16-4-5-18-17(11-16)22-20(25)15(2)26-18/h3-6,11-12,15H,7-10,13H2,1-2H3,(H,22,25). The zero-order valence-electron chi connectivity index (χ0n) is 15.2. The van der Waals surface area contributed by atoms with Gasteiger partial charge in [0.2, 0.25) is 0 Å². The second-order valence-corrected chi connectivity index (χ2v) is 7.04. The van der Waals surface area contributed by atoms with Crippen molar-refractivity contribution in [2.24, 2.45) is 0 Å². The molecule has 136 valence electrons. The summed E-state index contributed by atoms with van der Waals surface area (Å²) in [5.41, 5.74) is 3.14. The maximum Gasteiger partial charge on any atom is 0.265 e. The van der Waals surface area contributed by atoms with Crippen molar-refractivity contribution in [1.82, 2.24) is 9.88 Å². The van der Waals surface area contributed by atoms with Crippen molar-refractivity contribution in [1.29, 1.82) is 0 Å². The molecule has 1 fully saturated rings. The summed E-state index contributed by atoms with van der Waals surface area (Å²) >= 11 is 0. The average molecular weight is 352 g/mol. The van der Waals surface area contributed by atoms with Gasteiger partial charge in [-0.25, -0.2) is 4.98 Å². The summed E-state index contributed by atoms with van der Waals surface area (Å²) in [6.07, 6.45) is 1.49. The molecule has 1 saturated heterocycles. The van der Waals surface area contributed by atoms with Crippen LogP contribution >= 0.6 is 0 Å². The van der Waals surface area contributed by atoms with E-state index in [1.807, 2.05) is 18.3 Å². The number of hydrogen-bond donors (Lipinski definition) is 1. The Balaban J connectivity index is 1.37. The van der Waals surface area contributed by atoms with Gasteiger partial charge in [-0.15, -0.1) is 0 Å². The van der Waals surface area contributed by atoms with Gasteiger partial charge < -0.3 is 15.0 Å². The highest BCUT2D eigenvalue weighted by molar-refractivity contribution is 5.97. The van der Waals surface area contributed by atoms with Gasteiger partial charge in [-0.2, -0.15) is 0 Å². The van der Waals surface area contributed by atoms with Crippen LogP contribution in [0.1, 0.15) is 18.1 Å². The molecule has 1 amide bonds. The molecule has 0 spiro atoms. The van der Waals surface area contributed by atoms with Crippen molar-refractivity contribution in [2.45, 2.75) is 26.5 Å². The molecule has 1 aromatic carbocycles. The highest BCUT2D eigenvalue weighted by atomic mass is 16.5. The summed E-state index contributed by atoms with van der Waals surface area (Å²) in [6.45, 7) is 8.61. The number of fused-ring (bicyclic) bond motifs is 1. The van der Waals surface area contributed by atoms with E-state index in [0.717, 1.165) is 50.0 Å². The number of anilines is 2. The summed E-state index contributed by atoms with van der Waals surface area (Å²) in [5.74, 6) is 1.71. The number of piperazine rings is 1. The van der Waals surface area contributed by atoms with Gasteiger partial charge in [-0.1, -0.05) is 12.1 Å². The molecule has 2 aromatic rings. The number of nitrogens with one attached hydrogen (secondary N) is 1. The minimum Gasteiger partial charge on any atom is -0.479 e. The lowest BCUT2D eigenvalue weighted by Gasteiger charge is -2.35. The minimum absolute atomic E-state index is 0.0890. The Kier molecular flexibility index (Phi) is 4.51. The third kappa shape index (κ3) is 3.51. The quantitative estimate of drug-likeness (QED) is 0.919. The first-order valence-corrected chi connectivity index (χ1v) is 9.09. The summed E-state index contributed by atoms with van der Waals surface area (Å²) in [6, 6.07) is 10.3. The van der Waals surface area contributed by atoms with Crippen LogP contribution in [-0.2, 0) is 11.3 Å². The van der Waals surface area contributed by atoms with Crippen molar-refractivity contribution in [2.75, 3.05) is 36.4 Å². The number of amides is 1. The normalized spacial score (nSPS) is 20.3. The zero-order valence-corrected chi connectivity index (χ0v) is 15.2. The predicted octanol–water partition coefficient (Wildman–Crippen LogP) is 2.43. The number of carbonyl (C=O) groups excluding carboxylic acids is 1. The van der Waals surface area contributed by atoms with E-state index in [2.05, 4.69) is 45.2 Å². The number of aromatic nitrogens is 1. The summed E-state index contributed by atoms with van der Waals surface area (Å²) < 4.78 is 5.62. The molecule has 4 rings (SSSR count). The molecule has 0 bridgehead atoms. The van der Waals surface area contributed by atoms with Crippen molar-refractivity contribution in [3.63, 3.8) is 0 Å². The van der Waals surface area contributed by atoms with Gasteiger partial charge in [-0.3, -0.25) is 9.69 Å². The number of benzene rings is 1. The van der Waals surface area contributed by atoms with Crippen LogP contribution in [0.4, 0.5) is 11.5 Å². The van der Waals surface area contributed by atoms with Crippen LogP contribution in [0.5, 0.6) is 5.75 Å². The largest absolute Gasteiger partial charge is 0.479 e. The van der Waals surface area contributed by atoms with Gasteiger partial charge in [0, 0.05) is 38.9 Å². The molecule has 1 aromatic heterocycles. The molecule has 1 unspecified atom stereocenters. The molecule has 0 saturated carbocycles. The number of pyridine rings is 1. The molecule has 0 radical (unpaired) electrons. The Morgan fingerprint density at radius 3 is 2.73 bits per heavy atom. The molecule has 26 heavy (non-hydrogen) atoms. The molecule has 1 N–H and O–H groups in total. The Bertz CT molecular complexity index is 798. The van der Waals surface area contributed by atoms with Gasteiger partial charge >= 0.3 is 0 Å². The number of hydrogen-bond acceptors (Lipinski definition) is 5. The third-order valence-electron chi connectivity index (χ3n) is 4.97. The highest BCUT2D eigenvalue weighted by Gasteiger charge is 2.24. The first kappa shape index (κ1) is 16.8. The summed E-state index contributed by atoms with van der Waals surface area (Å²) in [5, 5.41) is 2.92. The smallest absolute Gasteiger partial charge is 0.265 e. The molecular weight excluding hydrogens is 328 g/mol. The van der Waals surface area contributed by atoms with Crippen molar-refractivity contribution in [3.8, 4) is 5.75 Å². The zero-order chi connectivity index (χ0) is 18.1. The molecule has 6 nitrogen and oxygen atoms in total. The van der Waals surface area contributed by atoms with Gasteiger partial charge in [0.25, 0.3) is 5.91 Å². The van der Waals surface area contributed by atoms with Crippen LogP contribution in [-0.4, -0.2) is 48.1 Å². The van der Waals surface area contributed by atoms with Crippen molar-refractivity contribution < 1.29 is 9.53 Å². The summed E-state index contributed by atoms with van der Waals surface area (Å²) in [4.78, 5) is 21.1. The van der Waals surface area contributed by atoms with Crippen molar-refractivity contribution in [3.05, 3.63) is 47.7 Å². The van der Waals surface area contributed by atoms with E-state index in [1.54, 1.807) is 6.92 Å². The van der Waals surface area contributed by atoms with Gasteiger partial charge in [-0.05, 0) is 43.2 Å². The number of ether oxygens (including phenoxy) is 1. The molecule has 2 aliphatic rings.